The molecule has 2 aromatic carbocycles. The molecule has 0 heterocycles. The molecule has 2 rings (SSSR count). The third-order valence-electron chi connectivity index (χ3n) is 2.93. The predicted octanol–water partition coefficient (Wildman–Crippen LogP) is 1.60. The number of amides is 2. The molecule has 0 aliphatic rings. The second-order valence-electron chi connectivity index (χ2n) is 4.51. The van der Waals surface area contributed by atoms with Crippen molar-refractivity contribution in [1.82, 2.24) is 9.96 Å². The summed E-state index contributed by atoms with van der Waals surface area (Å²) in [6, 6.07) is 17.7. The monoisotopic (exact) mass is 314 g/mol. The molecule has 0 aliphatic carbocycles. The molecule has 0 atom stereocenters. The summed E-state index contributed by atoms with van der Waals surface area (Å²) in [6.45, 7) is 2.24. The minimum Gasteiger partial charge on any atom is -0.386 e. The van der Waals surface area contributed by atoms with Crippen molar-refractivity contribution in [3.63, 3.8) is 0 Å². The zero-order valence-electron chi connectivity index (χ0n) is 12.3. The van der Waals surface area contributed by atoms with Crippen LogP contribution in [0.4, 0.5) is 0 Å². The highest BCUT2D eigenvalue weighted by Gasteiger charge is 2.20. The van der Waals surface area contributed by atoms with Gasteiger partial charge in [-0.25, -0.2) is 0 Å². The van der Waals surface area contributed by atoms with E-state index in [0.29, 0.717) is 17.7 Å². The van der Waals surface area contributed by atoms with Crippen LogP contribution in [0.1, 0.15) is 27.6 Å². The third-order valence-corrected chi connectivity index (χ3v) is 4.65. The summed E-state index contributed by atoms with van der Waals surface area (Å²) in [4.78, 5) is 29.8. The van der Waals surface area contributed by atoms with E-state index in [9.17, 15) is 9.59 Å². The molecule has 0 aromatic heterocycles. The van der Waals surface area contributed by atoms with Crippen molar-refractivity contribution in [3.05, 3.63) is 71.8 Å². The SMILES string of the molecule is CCO[SiH](NC(=O)c1ccccc1)NC(=O)c1ccccc1. The summed E-state index contributed by atoms with van der Waals surface area (Å²) in [7, 11) is -2.39. The van der Waals surface area contributed by atoms with Gasteiger partial charge in [-0.15, -0.1) is 0 Å². The van der Waals surface area contributed by atoms with Gasteiger partial charge in [0.1, 0.15) is 0 Å². The number of carbonyl (C=O) groups excluding carboxylic acids is 2. The molecule has 0 aliphatic heterocycles. The standard InChI is InChI=1S/C16H18N2O3Si/c1-2-21-22(17-15(19)13-9-5-3-6-10-13)18-16(20)14-11-7-4-8-12-14/h3-12,22H,2H2,1H3,(H,17,19)(H,18,20). The highest BCUT2D eigenvalue weighted by atomic mass is 28.3. The van der Waals surface area contributed by atoms with Gasteiger partial charge in [0.05, 0.1) is 0 Å². The maximum absolute atomic E-state index is 12.1. The normalized spacial score (nSPS) is 10.3. The van der Waals surface area contributed by atoms with E-state index >= 15 is 0 Å². The Morgan fingerprint density at radius 1 is 0.864 bits per heavy atom. The number of carbonyl (C=O) groups is 2. The zero-order chi connectivity index (χ0) is 15.8. The fraction of sp³-hybridized carbons (Fsp3) is 0.125. The molecule has 6 heteroatoms. The highest BCUT2D eigenvalue weighted by molar-refractivity contribution is 6.54. The molecule has 2 N–H and O–H groups in total. The van der Waals surface area contributed by atoms with Crippen LogP contribution in [0.3, 0.4) is 0 Å². The van der Waals surface area contributed by atoms with Crippen LogP contribution in [0, 0.1) is 0 Å². The largest absolute Gasteiger partial charge is 0.402 e. The molecule has 0 bridgehead atoms. The number of hydrogen-bond acceptors (Lipinski definition) is 3. The van der Waals surface area contributed by atoms with Crippen molar-refractivity contribution in [3.8, 4) is 0 Å². The Bertz CT molecular complexity index is 566. The van der Waals surface area contributed by atoms with Crippen LogP contribution in [-0.4, -0.2) is 27.8 Å². The lowest BCUT2D eigenvalue weighted by Gasteiger charge is -2.17. The van der Waals surface area contributed by atoms with E-state index in [-0.39, 0.29) is 11.8 Å². The van der Waals surface area contributed by atoms with Gasteiger partial charge in [0.2, 0.25) is 11.8 Å². The van der Waals surface area contributed by atoms with Gasteiger partial charge in [-0.3, -0.25) is 9.59 Å². The van der Waals surface area contributed by atoms with Gasteiger partial charge in [0.15, 0.2) is 0 Å². The number of benzene rings is 2. The Morgan fingerprint density at radius 2 is 1.27 bits per heavy atom. The fourth-order valence-electron chi connectivity index (χ4n) is 1.87. The minimum atomic E-state index is -2.39. The molecule has 2 amide bonds. The van der Waals surface area contributed by atoms with E-state index in [1.807, 2.05) is 19.1 Å². The Balaban J connectivity index is 2.01. The highest BCUT2D eigenvalue weighted by Crippen LogP contribution is 2.00. The molecule has 5 nitrogen and oxygen atoms in total. The molecular formula is C16H18N2O3Si. The van der Waals surface area contributed by atoms with E-state index in [0.717, 1.165) is 0 Å². The van der Waals surface area contributed by atoms with Crippen LogP contribution >= 0.6 is 0 Å². The topological polar surface area (TPSA) is 67.4 Å². The lowest BCUT2D eigenvalue weighted by atomic mass is 10.2. The minimum absolute atomic E-state index is 0.251. The average molecular weight is 314 g/mol. The van der Waals surface area contributed by atoms with Gasteiger partial charge in [0, 0.05) is 17.7 Å². The van der Waals surface area contributed by atoms with E-state index in [1.165, 1.54) is 0 Å². The summed E-state index contributed by atoms with van der Waals surface area (Å²) in [5, 5.41) is 0. The van der Waals surface area contributed by atoms with E-state index in [4.69, 9.17) is 4.43 Å². The van der Waals surface area contributed by atoms with Crippen molar-refractivity contribution in [2.24, 2.45) is 0 Å². The van der Waals surface area contributed by atoms with Gasteiger partial charge < -0.3 is 14.4 Å². The van der Waals surface area contributed by atoms with Crippen LogP contribution < -0.4 is 9.96 Å². The summed E-state index contributed by atoms with van der Waals surface area (Å²) in [5.41, 5.74) is 1.07. The second kappa shape index (κ2) is 8.11. The van der Waals surface area contributed by atoms with Crippen LogP contribution in [0.25, 0.3) is 0 Å². The van der Waals surface area contributed by atoms with Crippen LogP contribution in [0.2, 0.25) is 0 Å². The molecule has 0 saturated carbocycles. The zero-order valence-corrected chi connectivity index (χ0v) is 13.4. The lowest BCUT2D eigenvalue weighted by Crippen LogP contribution is -2.54. The number of hydrogen-bond donors (Lipinski definition) is 2. The number of rotatable bonds is 6. The molecule has 0 spiro atoms. The third kappa shape index (κ3) is 4.54. The average Bonchev–Trinajstić information content (AvgIpc) is 2.56. The quantitative estimate of drug-likeness (QED) is 0.796. The van der Waals surface area contributed by atoms with Gasteiger partial charge in [-0.05, 0) is 31.2 Å². The first kappa shape index (κ1) is 15.9. The predicted molar refractivity (Wildman–Crippen MR) is 86.6 cm³/mol. The maximum atomic E-state index is 12.1. The second-order valence-corrected chi connectivity index (χ2v) is 6.19. The van der Waals surface area contributed by atoms with Crippen LogP contribution in [-0.2, 0) is 4.43 Å². The Hall–Kier alpha value is -2.44. The van der Waals surface area contributed by atoms with Gasteiger partial charge >= 0.3 is 9.36 Å². The first-order valence-electron chi connectivity index (χ1n) is 7.04. The fourth-order valence-corrected chi connectivity index (χ4v) is 3.25. The van der Waals surface area contributed by atoms with Crippen molar-refractivity contribution < 1.29 is 14.0 Å². The first-order valence-corrected chi connectivity index (χ1v) is 8.66. The molecule has 0 fully saturated rings. The molecule has 22 heavy (non-hydrogen) atoms. The summed E-state index contributed by atoms with van der Waals surface area (Å²) in [5.74, 6) is -0.502. The molecule has 2 aromatic rings. The van der Waals surface area contributed by atoms with Gasteiger partial charge in [0.25, 0.3) is 0 Å². The molecule has 0 saturated heterocycles. The molecule has 0 radical (unpaired) electrons. The molecule has 0 unspecified atom stereocenters. The summed E-state index contributed by atoms with van der Waals surface area (Å²) >= 11 is 0. The van der Waals surface area contributed by atoms with Gasteiger partial charge in [-0.1, -0.05) is 36.4 Å². The van der Waals surface area contributed by atoms with Crippen molar-refractivity contribution >= 4 is 21.2 Å². The lowest BCUT2D eigenvalue weighted by molar-refractivity contribution is 0.0956. The van der Waals surface area contributed by atoms with Gasteiger partial charge in [-0.2, -0.15) is 0 Å². The van der Waals surface area contributed by atoms with E-state index in [2.05, 4.69) is 9.96 Å². The van der Waals surface area contributed by atoms with Crippen molar-refractivity contribution in [2.75, 3.05) is 6.61 Å². The summed E-state index contributed by atoms with van der Waals surface area (Å²) in [6.07, 6.45) is 0. The van der Waals surface area contributed by atoms with E-state index < -0.39 is 9.36 Å². The number of nitrogens with one attached hydrogen (secondary N) is 2. The van der Waals surface area contributed by atoms with Crippen molar-refractivity contribution in [2.45, 2.75) is 6.92 Å². The Labute approximate surface area is 131 Å². The van der Waals surface area contributed by atoms with Crippen LogP contribution in [0.15, 0.2) is 60.7 Å². The Kier molecular flexibility index (Phi) is 5.88. The first-order chi connectivity index (χ1) is 10.7. The Morgan fingerprint density at radius 3 is 1.64 bits per heavy atom. The smallest absolute Gasteiger partial charge is 0.386 e. The molecule has 114 valence electrons. The van der Waals surface area contributed by atoms with Crippen molar-refractivity contribution in [1.29, 1.82) is 0 Å². The summed E-state index contributed by atoms with van der Waals surface area (Å²) < 4.78 is 5.50. The maximum Gasteiger partial charge on any atom is 0.402 e. The molecular weight excluding hydrogens is 296 g/mol. The van der Waals surface area contributed by atoms with E-state index in [1.54, 1.807) is 48.5 Å². The van der Waals surface area contributed by atoms with Crippen LogP contribution in [0.5, 0.6) is 0 Å².